The van der Waals surface area contributed by atoms with Crippen molar-refractivity contribution in [2.75, 3.05) is 20.1 Å². The van der Waals surface area contributed by atoms with Crippen LogP contribution in [0.5, 0.6) is 0 Å². The van der Waals surface area contributed by atoms with E-state index in [0.29, 0.717) is 0 Å². The number of ketones is 1. The van der Waals surface area contributed by atoms with Gasteiger partial charge in [0.1, 0.15) is 11.6 Å². The molecule has 0 bridgehead atoms. The van der Waals surface area contributed by atoms with Crippen LogP contribution in [0.2, 0.25) is 0 Å². The average molecular weight is 299 g/mol. The predicted octanol–water partition coefficient (Wildman–Crippen LogP) is 4.54. The quantitative estimate of drug-likeness (QED) is 0.747. The van der Waals surface area contributed by atoms with Crippen LogP contribution in [0.25, 0.3) is 0 Å². The summed E-state index contributed by atoms with van der Waals surface area (Å²) in [6.07, 6.45) is 1.48. The molecule has 0 amide bonds. The fraction of sp³-hybridized carbons (Fsp3) is 0.588. The largest absolute Gasteiger partial charge is 0.306 e. The number of carbonyl (C=O) groups excluding carboxylic acids is 1. The Bertz CT molecular complexity index is 427. The lowest BCUT2D eigenvalue weighted by Gasteiger charge is -2.28. The number of piperidine rings is 1. The van der Waals surface area contributed by atoms with E-state index in [2.05, 4.69) is 4.90 Å². The molecule has 0 aromatic heterocycles. The lowest BCUT2D eigenvalue weighted by Crippen LogP contribution is -2.33. The number of nitrogens with zero attached hydrogens (tertiary/aromatic N) is 1. The van der Waals surface area contributed by atoms with E-state index in [1.807, 2.05) is 34.7 Å². The highest BCUT2D eigenvalue weighted by Crippen LogP contribution is 2.22. The highest BCUT2D eigenvalue weighted by molar-refractivity contribution is 5.98. The number of Topliss-reactive ketones (excluding diaryl/α,β-unsaturated/α-hetero) is 1. The molecule has 2 rings (SSSR count). The minimum absolute atomic E-state index is 0.0148. The van der Waals surface area contributed by atoms with Gasteiger partial charge in [0.25, 0.3) is 0 Å². The Labute approximate surface area is 127 Å². The molecule has 1 aliphatic heterocycles. The maximum Gasteiger partial charge on any atom is 0.168 e. The smallest absolute Gasteiger partial charge is 0.168 e. The van der Waals surface area contributed by atoms with Crippen molar-refractivity contribution < 1.29 is 13.6 Å². The Balaban J connectivity index is 0.000000921. The second kappa shape index (κ2) is 10.4. The average Bonchev–Trinajstić information content (AvgIpc) is 2.51. The van der Waals surface area contributed by atoms with Gasteiger partial charge in [0.05, 0.1) is 5.56 Å². The molecule has 0 radical (unpaired) electrons. The fourth-order valence-corrected chi connectivity index (χ4v) is 2.18. The summed E-state index contributed by atoms with van der Waals surface area (Å²) >= 11 is 0. The summed E-state index contributed by atoms with van der Waals surface area (Å²) in [6, 6.07) is 3.14. The van der Waals surface area contributed by atoms with Crippen molar-refractivity contribution >= 4 is 5.78 Å². The zero-order chi connectivity index (χ0) is 16.4. The molecule has 0 unspecified atom stereocenters. The maximum atomic E-state index is 13.5. The van der Waals surface area contributed by atoms with Crippen molar-refractivity contribution in [1.29, 1.82) is 0 Å². The third kappa shape index (κ3) is 5.92. The summed E-state index contributed by atoms with van der Waals surface area (Å²) in [4.78, 5) is 14.2. The Kier molecular flexibility index (Phi) is 9.80. The van der Waals surface area contributed by atoms with Crippen LogP contribution in [0.3, 0.4) is 0 Å². The van der Waals surface area contributed by atoms with E-state index >= 15 is 0 Å². The van der Waals surface area contributed by atoms with E-state index in [9.17, 15) is 13.6 Å². The van der Waals surface area contributed by atoms with Gasteiger partial charge >= 0.3 is 0 Å². The standard InChI is InChI=1S/C13H15F2NO.2C2H6/c1-16-6-4-9(5-7-16)13(17)11-3-2-10(14)8-12(11)15;2*1-2/h2-3,8-9H,4-7H2,1H3;2*1-2H3. The van der Waals surface area contributed by atoms with Gasteiger partial charge in [0.15, 0.2) is 5.78 Å². The van der Waals surface area contributed by atoms with Crippen LogP contribution in [0.15, 0.2) is 18.2 Å². The molecule has 0 spiro atoms. The van der Waals surface area contributed by atoms with Gasteiger partial charge in [-0.25, -0.2) is 8.78 Å². The SMILES string of the molecule is CC.CC.CN1CCC(C(=O)c2ccc(F)cc2F)CC1. The summed E-state index contributed by atoms with van der Waals surface area (Å²) < 4.78 is 26.2. The van der Waals surface area contributed by atoms with E-state index in [1.165, 1.54) is 6.07 Å². The summed E-state index contributed by atoms with van der Waals surface area (Å²) in [5, 5.41) is 0. The molecule has 0 N–H and O–H groups in total. The van der Waals surface area contributed by atoms with Crippen molar-refractivity contribution in [3.63, 3.8) is 0 Å². The predicted molar refractivity (Wildman–Crippen MR) is 83.6 cm³/mol. The van der Waals surface area contributed by atoms with E-state index < -0.39 is 11.6 Å². The van der Waals surface area contributed by atoms with Gasteiger partial charge in [-0.15, -0.1) is 0 Å². The summed E-state index contributed by atoms with van der Waals surface area (Å²) in [6.45, 7) is 9.69. The number of hydrogen-bond donors (Lipinski definition) is 0. The molecule has 120 valence electrons. The first-order valence-corrected chi connectivity index (χ1v) is 7.75. The van der Waals surface area contributed by atoms with Crippen LogP contribution < -0.4 is 0 Å². The normalized spacial score (nSPS) is 15.4. The third-order valence-electron chi connectivity index (χ3n) is 3.29. The van der Waals surface area contributed by atoms with Gasteiger partial charge < -0.3 is 4.90 Å². The van der Waals surface area contributed by atoms with Gasteiger partial charge in [-0.05, 0) is 45.1 Å². The lowest BCUT2D eigenvalue weighted by atomic mass is 9.89. The van der Waals surface area contributed by atoms with Crippen LogP contribution in [-0.4, -0.2) is 30.8 Å². The zero-order valence-corrected chi connectivity index (χ0v) is 13.7. The minimum atomic E-state index is -0.756. The van der Waals surface area contributed by atoms with E-state index in [4.69, 9.17) is 0 Å². The van der Waals surface area contributed by atoms with Gasteiger partial charge in [0.2, 0.25) is 0 Å². The summed E-state index contributed by atoms with van der Waals surface area (Å²) in [5.41, 5.74) is 0.0148. The molecule has 0 atom stereocenters. The Morgan fingerprint density at radius 1 is 1.10 bits per heavy atom. The van der Waals surface area contributed by atoms with E-state index in [0.717, 1.165) is 38.1 Å². The molecule has 1 aromatic rings. The minimum Gasteiger partial charge on any atom is -0.306 e. The highest BCUT2D eigenvalue weighted by atomic mass is 19.1. The van der Waals surface area contributed by atoms with Gasteiger partial charge in [0, 0.05) is 12.0 Å². The van der Waals surface area contributed by atoms with Gasteiger partial charge in [-0.2, -0.15) is 0 Å². The molecule has 0 aliphatic carbocycles. The highest BCUT2D eigenvalue weighted by Gasteiger charge is 2.26. The van der Waals surface area contributed by atoms with Crippen LogP contribution in [0, 0.1) is 17.6 Å². The molecule has 4 heteroatoms. The summed E-state index contributed by atoms with van der Waals surface area (Å²) in [5.74, 6) is -1.74. The van der Waals surface area contributed by atoms with Crippen molar-refractivity contribution in [2.24, 2.45) is 5.92 Å². The number of likely N-dealkylation sites (tertiary alicyclic amines) is 1. The number of benzene rings is 1. The van der Waals surface area contributed by atoms with Gasteiger partial charge in [-0.3, -0.25) is 4.79 Å². The van der Waals surface area contributed by atoms with Crippen LogP contribution in [0.1, 0.15) is 50.9 Å². The molecule has 1 saturated heterocycles. The van der Waals surface area contributed by atoms with Crippen LogP contribution >= 0.6 is 0 Å². The molecule has 1 heterocycles. The van der Waals surface area contributed by atoms with Crippen LogP contribution in [-0.2, 0) is 0 Å². The van der Waals surface area contributed by atoms with Crippen molar-refractivity contribution in [2.45, 2.75) is 40.5 Å². The topological polar surface area (TPSA) is 20.3 Å². The van der Waals surface area contributed by atoms with Crippen LogP contribution in [0.4, 0.5) is 8.78 Å². The first-order valence-electron chi connectivity index (χ1n) is 7.75. The second-order valence-corrected chi connectivity index (χ2v) is 4.57. The molecular weight excluding hydrogens is 272 g/mol. The molecular formula is C17H27F2NO. The number of rotatable bonds is 2. The Hall–Kier alpha value is -1.29. The zero-order valence-electron chi connectivity index (χ0n) is 13.7. The number of halogens is 2. The molecule has 1 aliphatic rings. The van der Waals surface area contributed by atoms with Crippen molar-refractivity contribution in [1.82, 2.24) is 4.90 Å². The lowest BCUT2D eigenvalue weighted by molar-refractivity contribution is 0.0852. The van der Waals surface area contributed by atoms with E-state index in [-0.39, 0.29) is 17.3 Å². The molecule has 21 heavy (non-hydrogen) atoms. The monoisotopic (exact) mass is 299 g/mol. The molecule has 0 saturated carbocycles. The van der Waals surface area contributed by atoms with Crippen molar-refractivity contribution in [3.8, 4) is 0 Å². The first kappa shape index (κ1) is 19.7. The Morgan fingerprint density at radius 2 is 1.62 bits per heavy atom. The third-order valence-corrected chi connectivity index (χ3v) is 3.29. The second-order valence-electron chi connectivity index (χ2n) is 4.57. The van der Waals surface area contributed by atoms with Gasteiger partial charge in [-0.1, -0.05) is 27.7 Å². The molecule has 1 fully saturated rings. The Morgan fingerprint density at radius 3 is 2.10 bits per heavy atom. The summed E-state index contributed by atoms with van der Waals surface area (Å²) in [7, 11) is 2.00. The molecule has 2 nitrogen and oxygen atoms in total. The maximum absolute atomic E-state index is 13.5. The fourth-order valence-electron chi connectivity index (χ4n) is 2.18. The number of hydrogen-bond acceptors (Lipinski definition) is 2. The van der Waals surface area contributed by atoms with Crippen molar-refractivity contribution in [3.05, 3.63) is 35.4 Å². The number of carbonyl (C=O) groups is 1. The molecule has 1 aromatic carbocycles. The van der Waals surface area contributed by atoms with E-state index in [1.54, 1.807) is 0 Å². The first-order chi connectivity index (χ1) is 10.1.